The van der Waals surface area contributed by atoms with Crippen molar-refractivity contribution in [2.24, 2.45) is 0 Å². The first-order chi connectivity index (χ1) is 5.81. The molecule has 0 fully saturated rings. The van der Waals surface area contributed by atoms with E-state index in [0.717, 1.165) is 0 Å². The maximum absolute atomic E-state index is 13.0. The molecule has 2 rings (SSSR count). The van der Waals surface area contributed by atoms with Crippen molar-refractivity contribution in [3.05, 3.63) is 29.0 Å². The normalized spacial score (nSPS) is 10.0. The first-order valence-corrected chi connectivity index (χ1v) is 4.08. The topological polar surface area (TPSA) is 36.7 Å². The van der Waals surface area contributed by atoms with Gasteiger partial charge in [0.2, 0.25) is 0 Å². The maximum Gasteiger partial charge on any atom is 0.195 e. The predicted octanol–water partition coefficient (Wildman–Crippen LogP) is 2.31. The van der Waals surface area contributed by atoms with Gasteiger partial charge in [-0.15, -0.1) is 11.3 Å². The molecule has 0 N–H and O–H groups in total. The van der Waals surface area contributed by atoms with Gasteiger partial charge in [-0.05, 0) is 12.1 Å². The smallest absolute Gasteiger partial charge is 0.195 e. The van der Waals surface area contributed by atoms with Gasteiger partial charge in [0, 0.05) is 0 Å². The lowest BCUT2D eigenvalue weighted by molar-refractivity contribution is 0.637. The summed E-state index contributed by atoms with van der Waals surface area (Å²) in [5, 5.41) is 8.81. The van der Waals surface area contributed by atoms with Gasteiger partial charge in [0.05, 0.1) is 4.70 Å². The molecule has 0 aliphatic rings. The van der Waals surface area contributed by atoms with Gasteiger partial charge in [-0.25, -0.2) is 9.37 Å². The molecule has 2 aromatic rings. The molecule has 1 aromatic heterocycles. The Morgan fingerprint density at radius 3 is 3.00 bits per heavy atom. The molecular formula is C8H3FN2S. The number of benzene rings is 1. The Hall–Kier alpha value is -1.47. The summed E-state index contributed by atoms with van der Waals surface area (Å²) in [5.74, 6) is -0.370. The molecule has 0 aliphatic carbocycles. The monoisotopic (exact) mass is 178 g/mol. The van der Waals surface area contributed by atoms with E-state index in [1.807, 2.05) is 6.07 Å². The molecule has 1 heterocycles. The Labute approximate surface area is 71.9 Å². The van der Waals surface area contributed by atoms with Crippen molar-refractivity contribution in [1.29, 1.82) is 5.26 Å². The highest BCUT2D eigenvalue weighted by molar-refractivity contribution is 7.19. The van der Waals surface area contributed by atoms with E-state index >= 15 is 0 Å². The second-order valence-electron chi connectivity index (χ2n) is 2.22. The van der Waals surface area contributed by atoms with Crippen LogP contribution in [0.25, 0.3) is 10.2 Å². The zero-order chi connectivity index (χ0) is 8.55. The molecule has 0 saturated heterocycles. The van der Waals surface area contributed by atoms with E-state index in [1.165, 1.54) is 17.4 Å². The summed E-state index contributed by atoms with van der Waals surface area (Å²) in [6, 6.07) is 6.58. The SMILES string of the molecule is N#Cc1nc2c(F)cccc2s1. The van der Waals surface area contributed by atoms with Gasteiger partial charge >= 0.3 is 0 Å². The molecular weight excluding hydrogens is 175 g/mol. The summed E-state index contributed by atoms with van der Waals surface area (Å²) in [4.78, 5) is 3.81. The van der Waals surface area contributed by atoms with Crippen LogP contribution in [0.5, 0.6) is 0 Å². The molecule has 0 atom stereocenters. The molecule has 0 amide bonds. The largest absolute Gasteiger partial charge is 0.223 e. The Morgan fingerprint density at radius 2 is 2.33 bits per heavy atom. The van der Waals surface area contributed by atoms with Gasteiger partial charge in [-0.2, -0.15) is 5.26 Å². The highest BCUT2D eigenvalue weighted by Crippen LogP contribution is 2.23. The Bertz CT molecular complexity index is 469. The van der Waals surface area contributed by atoms with E-state index in [4.69, 9.17) is 5.26 Å². The third-order valence-electron chi connectivity index (χ3n) is 1.47. The molecule has 0 radical (unpaired) electrons. The molecule has 58 valence electrons. The highest BCUT2D eigenvalue weighted by Gasteiger charge is 2.05. The minimum absolute atomic E-state index is 0.291. The lowest BCUT2D eigenvalue weighted by Gasteiger charge is -1.86. The quantitative estimate of drug-likeness (QED) is 0.620. The zero-order valence-corrected chi connectivity index (χ0v) is 6.73. The number of nitrogens with zero attached hydrogens (tertiary/aromatic N) is 2. The standard InChI is InChI=1S/C8H3FN2S/c9-5-2-1-3-6-8(5)11-7(4-10)12-6/h1-3H. The average molecular weight is 178 g/mol. The summed E-state index contributed by atoms with van der Waals surface area (Å²) < 4.78 is 13.7. The predicted molar refractivity (Wildman–Crippen MR) is 44.3 cm³/mol. The van der Waals surface area contributed by atoms with Crippen LogP contribution in [0.4, 0.5) is 4.39 Å². The number of hydrogen-bond acceptors (Lipinski definition) is 3. The highest BCUT2D eigenvalue weighted by atomic mass is 32.1. The fourth-order valence-corrected chi connectivity index (χ4v) is 1.74. The third kappa shape index (κ3) is 0.953. The van der Waals surface area contributed by atoms with E-state index in [-0.39, 0.29) is 5.82 Å². The van der Waals surface area contributed by atoms with Gasteiger partial charge in [-0.1, -0.05) is 6.07 Å². The number of hydrogen-bond donors (Lipinski definition) is 0. The number of thiazole rings is 1. The van der Waals surface area contributed by atoms with E-state index in [9.17, 15) is 4.39 Å². The molecule has 0 spiro atoms. The van der Waals surface area contributed by atoms with Crippen LogP contribution in [0.1, 0.15) is 5.01 Å². The lowest BCUT2D eigenvalue weighted by Crippen LogP contribution is -1.75. The number of halogens is 1. The summed E-state index contributed by atoms with van der Waals surface area (Å²) in [6.07, 6.45) is 0. The second-order valence-corrected chi connectivity index (χ2v) is 3.25. The maximum atomic E-state index is 13.0. The van der Waals surface area contributed by atoms with Crippen molar-refractivity contribution >= 4 is 21.6 Å². The Kier molecular flexibility index (Phi) is 1.52. The van der Waals surface area contributed by atoms with Crippen molar-refractivity contribution in [2.75, 3.05) is 0 Å². The molecule has 1 aromatic carbocycles. The van der Waals surface area contributed by atoms with Crippen LogP contribution in [0.3, 0.4) is 0 Å². The van der Waals surface area contributed by atoms with Crippen LogP contribution in [0, 0.1) is 17.1 Å². The van der Waals surface area contributed by atoms with Gasteiger partial charge in [0.15, 0.2) is 5.01 Å². The van der Waals surface area contributed by atoms with Crippen LogP contribution in [-0.4, -0.2) is 4.98 Å². The summed E-state index contributed by atoms with van der Waals surface area (Å²) in [6.45, 7) is 0. The Balaban J connectivity index is 2.85. The molecule has 0 aliphatic heterocycles. The number of rotatable bonds is 0. The molecule has 0 unspecified atom stereocenters. The van der Waals surface area contributed by atoms with Gasteiger partial charge in [0.1, 0.15) is 17.4 Å². The van der Waals surface area contributed by atoms with Gasteiger partial charge < -0.3 is 0 Å². The summed E-state index contributed by atoms with van der Waals surface area (Å²) >= 11 is 1.20. The number of aromatic nitrogens is 1. The van der Waals surface area contributed by atoms with Crippen LogP contribution in [0.15, 0.2) is 18.2 Å². The summed E-state index contributed by atoms with van der Waals surface area (Å²) in [5.41, 5.74) is 0.291. The fourth-order valence-electron chi connectivity index (χ4n) is 0.963. The minimum atomic E-state index is -0.370. The van der Waals surface area contributed by atoms with Crippen molar-refractivity contribution in [1.82, 2.24) is 4.98 Å². The molecule has 0 bridgehead atoms. The van der Waals surface area contributed by atoms with E-state index in [1.54, 1.807) is 12.1 Å². The average Bonchev–Trinajstić information content (AvgIpc) is 2.49. The minimum Gasteiger partial charge on any atom is -0.223 e. The van der Waals surface area contributed by atoms with E-state index < -0.39 is 0 Å². The number of fused-ring (bicyclic) bond motifs is 1. The fraction of sp³-hybridized carbons (Fsp3) is 0. The Morgan fingerprint density at radius 1 is 1.50 bits per heavy atom. The molecule has 12 heavy (non-hydrogen) atoms. The second kappa shape index (κ2) is 2.54. The van der Waals surface area contributed by atoms with Gasteiger partial charge in [-0.3, -0.25) is 0 Å². The first kappa shape index (κ1) is 7.19. The third-order valence-corrected chi connectivity index (χ3v) is 2.39. The number of nitriles is 1. The van der Waals surface area contributed by atoms with Crippen molar-refractivity contribution < 1.29 is 4.39 Å². The van der Waals surface area contributed by atoms with E-state index in [0.29, 0.717) is 15.2 Å². The van der Waals surface area contributed by atoms with Crippen LogP contribution < -0.4 is 0 Å². The van der Waals surface area contributed by atoms with Crippen LogP contribution >= 0.6 is 11.3 Å². The van der Waals surface area contributed by atoms with Gasteiger partial charge in [0.25, 0.3) is 0 Å². The zero-order valence-electron chi connectivity index (χ0n) is 5.91. The molecule has 0 saturated carbocycles. The van der Waals surface area contributed by atoms with Crippen molar-refractivity contribution in [3.63, 3.8) is 0 Å². The van der Waals surface area contributed by atoms with Crippen LogP contribution in [-0.2, 0) is 0 Å². The first-order valence-electron chi connectivity index (χ1n) is 3.26. The molecule has 2 nitrogen and oxygen atoms in total. The summed E-state index contributed by atoms with van der Waals surface area (Å²) in [7, 11) is 0. The van der Waals surface area contributed by atoms with Crippen LogP contribution in [0.2, 0.25) is 0 Å². The van der Waals surface area contributed by atoms with E-state index in [2.05, 4.69) is 4.98 Å². The van der Waals surface area contributed by atoms with Crippen molar-refractivity contribution in [2.45, 2.75) is 0 Å². The number of para-hydroxylation sites is 1. The molecule has 4 heteroatoms. The van der Waals surface area contributed by atoms with Crippen molar-refractivity contribution in [3.8, 4) is 6.07 Å². The lowest BCUT2D eigenvalue weighted by atomic mass is 10.3.